The quantitative estimate of drug-likeness (QED) is 0.932. The normalized spacial score (nSPS) is 28.1. The van der Waals surface area contributed by atoms with Gasteiger partial charge >= 0.3 is 0 Å². The number of ether oxygens (including phenoxy) is 1. The molecule has 1 saturated carbocycles. The second-order valence-corrected chi connectivity index (χ2v) is 5.92. The molecular formula is C16H22F2N2O. The number of hydrogen-bond donors (Lipinski definition) is 1. The van der Waals surface area contributed by atoms with Gasteiger partial charge in [-0.05, 0) is 30.5 Å². The lowest BCUT2D eigenvalue weighted by Gasteiger charge is -2.47. The van der Waals surface area contributed by atoms with Crippen LogP contribution in [-0.2, 0) is 4.74 Å². The van der Waals surface area contributed by atoms with E-state index in [1.807, 2.05) is 0 Å². The lowest BCUT2D eigenvalue weighted by molar-refractivity contribution is -0.102. The molecule has 116 valence electrons. The lowest BCUT2D eigenvalue weighted by Crippen LogP contribution is -2.54. The van der Waals surface area contributed by atoms with Crippen molar-refractivity contribution in [2.75, 3.05) is 19.7 Å². The average Bonchev–Trinajstić information content (AvgIpc) is 2.52. The number of fused-ring (bicyclic) bond motifs is 1. The first-order chi connectivity index (χ1) is 10.2. The average molecular weight is 296 g/mol. The molecule has 0 amide bonds. The van der Waals surface area contributed by atoms with Crippen LogP contribution in [-0.4, -0.2) is 36.7 Å². The zero-order valence-electron chi connectivity index (χ0n) is 12.1. The van der Waals surface area contributed by atoms with E-state index in [2.05, 4.69) is 4.90 Å². The third-order valence-corrected chi connectivity index (χ3v) is 4.73. The molecule has 0 spiro atoms. The summed E-state index contributed by atoms with van der Waals surface area (Å²) in [5.74, 6) is -1.62. The van der Waals surface area contributed by atoms with Crippen molar-refractivity contribution in [3.8, 4) is 0 Å². The second-order valence-electron chi connectivity index (χ2n) is 5.92. The topological polar surface area (TPSA) is 38.5 Å². The summed E-state index contributed by atoms with van der Waals surface area (Å²) in [6.07, 6.45) is 4.82. The molecule has 3 rings (SSSR count). The van der Waals surface area contributed by atoms with Crippen LogP contribution < -0.4 is 5.73 Å². The van der Waals surface area contributed by atoms with Gasteiger partial charge in [0, 0.05) is 25.2 Å². The van der Waals surface area contributed by atoms with Crippen LogP contribution in [0.4, 0.5) is 8.78 Å². The molecule has 0 bridgehead atoms. The summed E-state index contributed by atoms with van der Waals surface area (Å²) in [6, 6.07) is 4.37. The van der Waals surface area contributed by atoms with Crippen LogP contribution in [0.1, 0.15) is 37.3 Å². The van der Waals surface area contributed by atoms with E-state index >= 15 is 0 Å². The molecule has 0 aromatic heterocycles. The molecule has 1 saturated heterocycles. The monoisotopic (exact) mass is 296 g/mol. The Morgan fingerprint density at radius 1 is 1.24 bits per heavy atom. The van der Waals surface area contributed by atoms with Gasteiger partial charge in [0.1, 0.15) is 0 Å². The van der Waals surface area contributed by atoms with Crippen LogP contribution in [0.3, 0.4) is 0 Å². The van der Waals surface area contributed by atoms with Crippen molar-refractivity contribution in [1.29, 1.82) is 0 Å². The minimum absolute atomic E-state index is 0.0744. The number of nitrogens with two attached hydrogens (primary N) is 1. The standard InChI is InChI=1S/C16H22F2N2O/c17-12-6-5-11(9-13(12)18)15(10-19)20-7-8-21-16-4-2-1-3-14(16)20/h5-6,9,14-16H,1-4,7-8,10,19H2. The van der Waals surface area contributed by atoms with E-state index < -0.39 is 11.6 Å². The summed E-state index contributed by atoms with van der Waals surface area (Å²) in [5, 5.41) is 0. The summed E-state index contributed by atoms with van der Waals surface area (Å²) in [4.78, 5) is 2.33. The van der Waals surface area contributed by atoms with E-state index in [4.69, 9.17) is 10.5 Å². The van der Waals surface area contributed by atoms with Gasteiger partial charge in [0.25, 0.3) is 0 Å². The molecule has 3 unspecified atom stereocenters. The molecule has 0 radical (unpaired) electrons. The van der Waals surface area contributed by atoms with E-state index in [0.29, 0.717) is 19.2 Å². The van der Waals surface area contributed by atoms with E-state index in [1.54, 1.807) is 6.07 Å². The molecular weight excluding hydrogens is 274 g/mol. The van der Waals surface area contributed by atoms with Crippen molar-refractivity contribution in [2.45, 2.75) is 43.9 Å². The van der Waals surface area contributed by atoms with Crippen molar-refractivity contribution >= 4 is 0 Å². The molecule has 1 heterocycles. The minimum Gasteiger partial charge on any atom is -0.375 e. The number of rotatable bonds is 3. The van der Waals surface area contributed by atoms with Gasteiger partial charge in [-0.2, -0.15) is 0 Å². The highest BCUT2D eigenvalue weighted by atomic mass is 19.2. The fourth-order valence-corrected chi connectivity index (χ4v) is 3.70. The van der Waals surface area contributed by atoms with E-state index in [9.17, 15) is 8.78 Å². The maximum atomic E-state index is 13.5. The van der Waals surface area contributed by atoms with E-state index in [0.717, 1.165) is 24.9 Å². The fourth-order valence-electron chi connectivity index (χ4n) is 3.70. The first-order valence-electron chi connectivity index (χ1n) is 7.73. The predicted molar refractivity (Wildman–Crippen MR) is 76.9 cm³/mol. The van der Waals surface area contributed by atoms with Crippen molar-refractivity contribution in [3.63, 3.8) is 0 Å². The number of nitrogens with zero attached hydrogens (tertiary/aromatic N) is 1. The van der Waals surface area contributed by atoms with Crippen molar-refractivity contribution in [1.82, 2.24) is 4.90 Å². The molecule has 5 heteroatoms. The van der Waals surface area contributed by atoms with Crippen LogP contribution >= 0.6 is 0 Å². The Morgan fingerprint density at radius 2 is 2.05 bits per heavy atom. The van der Waals surface area contributed by atoms with Crippen molar-refractivity contribution < 1.29 is 13.5 Å². The Labute approximate surface area is 124 Å². The molecule has 2 fully saturated rings. The Kier molecular flexibility index (Phi) is 4.52. The van der Waals surface area contributed by atoms with Crippen LogP contribution in [0.25, 0.3) is 0 Å². The third-order valence-electron chi connectivity index (χ3n) is 4.73. The summed E-state index contributed by atoms with van der Waals surface area (Å²) in [6.45, 7) is 1.87. The summed E-state index contributed by atoms with van der Waals surface area (Å²) >= 11 is 0. The van der Waals surface area contributed by atoms with Crippen molar-refractivity contribution in [3.05, 3.63) is 35.4 Å². The predicted octanol–water partition coefficient (Wildman–Crippen LogP) is 2.61. The highest BCUT2D eigenvalue weighted by molar-refractivity contribution is 5.22. The molecule has 1 aromatic rings. The highest BCUT2D eigenvalue weighted by Crippen LogP contribution is 2.34. The van der Waals surface area contributed by atoms with Gasteiger partial charge in [0.15, 0.2) is 11.6 Å². The maximum Gasteiger partial charge on any atom is 0.159 e. The molecule has 1 aliphatic heterocycles. The van der Waals surface area contributed by atoms with Gasteiger partial charge in [-0.25, -0.2) is 8.78 Å². The first kappa shape index (κ1) is 14.9. The van der Waals surface area contributed by atoms with Crippen LogP contribution in [0.5, 0.6) is 0 Å². The van der Waals surface area contributed by atoms with Gasteiger partial charge in [-0.1, -0.05) is 18.9 Å². The van der Waals surface area contributed by atoms with E-state index in [-0.39, 0.29) is 12.1 Å². The molecule has 1 aliphatic carbocycles. The number of morpholine rings is 1. The molecule has 2 aliphatic rings. The highest BCUT2D eigenvalue weighted by Gasteiger charge is 2.37. The van der Waals surface area contributed by atoms with Gasteiger partial charge in [0.2, 0.25) is 0 Å². The Balaban J connectivity index is 1.85. The van der Waals surface area contributed by atoms with Gasteiger partial charge < -0.3 is 10.5 Å². The molecule has 3 atom stereocenters. The summed E-state index contributed by atoms with van der Waals surface area (Å²) in [5.41, 5.74) is 6.70. The Hall–Kier alpha value is -1.04. The Morgan fingerprint density at radius 3 is 2.81 bits per heavy atom. The van der Waals surface area contributed by atoms with Gasteiger partial charge in [-0.15, -0.1) is 0 Å². The van der Waals surface area contributed by atoms with Crippen LogP contribution in [0.15, 0.2) is 18.2 Å². The van der Waals surface area contributed by atoms with Crippen molar-refractivity contribution in [2.24, 2.45) is 5.73 Å². The van der Waals surface area contributed by atoms with Gasteiger partial charge in [0.05, 0.1) is 12.7 Å². The number of hydrogen-bond acceptors (Lipinski definition) is 3. The zero-order valence-corrected chi connectivity index (χ0v) is 12.1. The molecule has 21 heavy (non-hydrogen) atoms. The van der Waals surface area contributed by atoms with E-state index in [1.165, 1.54) is 25.0 Å². The summed E-state index contributed by atoms with van der Waals surface area (Å²) < 4.78 is 32.5. The minimum atomic E-state index is -0.813. The molecule has 2 N–H and O–H groups in total. The lowest BCUT2D eigenvalue weighted by atomic mass is 9.88. The number of halogens is 2. The SMILES string of the molecule is NCC(c1ccc(F)c(F)c1)N1CCOC2CCCCC21. The fraction of sp³-hybridized carbons (Fsp3) is 0.625. The number of benzene rings is 1. The van der Waals surface area contributed by atoms with Crippen LogP contribution in [0.2, 0.25) is 0 Å². The maximum absolute atomic E-state index is 13.5. The second kappa shape index (κ2) is 6.38. The smallest absolute Gasteiger partial charge is 0.159 e. The largest absolute Gasteiger partial charge is 0.375 e. The Bertz CT molecular complexity index is 495. The first-order valence-corrected chi connectivity index (χ1v) is 7.73. The van der Waals surface area contributed by atoms with Crippen LogP contribution in [0, 0.1) is 11.6 Å². The summed E-state index contributed by atoms with van der Waals surface area (Å²) in [7, 11) is 0. The van der Waals surface area contributed by atoms with Gasteiger partial charge in [-0.3, -0.25) is 4.90 Å². The third kappa shape index (κ3) is 2.96. The zero-order chi connectivity index (χ0) is 14.8. The molecule has 3 nitrogen and oxygen atoms in total. The molecule has 1 aromatic carbocycles.